The second-order valence-corrected chi connectivity index (χ2v) is 10.2. The number of nitrogens with one attached hydrogen (secondary N) is 1. The van der Waals surface area contributed by atoms with E-state index < -0.39 is 36.6 Å². The first kappa shape index (κ1) is 26.8. The first-order valence-electron chi connectivity index (χ1n) is 11.7. The van der Waals surface area contributed by atoms with Crippen LogP contribution in [0.4, 0.5) is 5.69 Å². The van der Waals surface area contributed by atoms with Crippen LogP contribution in [-0.2, 0) is 9.53 Å². The lowest BCUT2D eigenvalue weighted by Crippen LogP contribution is -2.60. The van der Waals surface area contributed by atoms with Gasteiger partial charge in [-0.2, -0.15) is 5.26 Å². The number of aliphatic hydroxyl groups is 4. The monoisotopic (exact) mass is 523 g/mol. The van der Waals surface area contributed by atoms with Gasteiger partial charge in [0.2, 0.25) is 0 Å². The Morgan fingerprint density at radius 1 is 1.03 bits per heavy atom. The highest BCUT2D eigenvalue weighted by molar-refractivity contribution is 7.16. The summed E-state index contributed by atoms with van der Waals surface area (Å²) in [5.74, 6) is -0.678. The first-order valence-corrected chi connectivity index (χ1v) is 12.5. The summed E-state index contributed by atoms with van der Waals surface area (Å²) in [5.41, 5.74) is 2.54. The number of anilines is 1. The summed E-state index contributed by atoms with van der Waals surface area (Å²) in [6.07, 6.45) is -7.68. The number of hydrogen-bond donors (Lipinski definition) is 5. The molecule has 5 N–H and O–H groups in total. The fourth-order valence-corrected chi connectivity index (χ4v) is 5.18. The van der Waals surface area contributed by atoms with E-state index in [1.165, 1.54) is 11.3 Å². The van der Waals surface area contributed by atoms with Gasteiger partial charge in [0.1, 0.15) is 36.1 Å². The van der Waals surface area contributed by atoms with E-state index in [1.54, 1.807) is 6.92 Å². The van der Waals surface area contributed by atoms with E-state index in [0.29, 0.717) is 5.57 Å². The quantitative estimate of drug-likeness (QED) is 0.243. The lowest BCUT2D eigenvalue weighted by atomic mass is 9.99. The van der Waals surface area contributed by atoms with Crippen LogP contribution in [0.5, 0.6) is 0 Å². The molecule has 1 aliphatic rings. The van der Waals surface area contributed by atoms with Crippen molar-refractivity contribution in [3.63, 3.8) is 0 Å². The van der Waals surface area contributed by atoms with Crippen LogP contribution in [0.1, 0.15) is 11.8 Å². The van der Waals surface area contributed by atoms with Crippen molar-refractivity contribution in [1.29, 1.82) is 5.26 Å². The van der Waals surface area contributed by atoms with Crippen LogP contribution in [0, 0.1) is 11.3 Å². The van der Waals surface area contributed by atoms with E-state index in [4.69, 9.17) is 4.74 Å². The second kappa shape index (κ2) is 11.0. The van der Waals surface area contributed by atoms with Crippen LogP contribution >= 0.6 is 11.3 Å². The number of carbonyl (C=O) groups excluding carboxylic acids is 1. The number of fused-ring (bicyclic) bond motifs is 1. The maximum Gasteiger partial charge on any atom is 0.262 e. The lowest BCUT2D eigenvalue weighted by molar-refractivity contribution is -0.280. The van der Waals surface area contributed by atoms with Crippen molar-refractivity contribution >= 4 is 39.3 Å². The number of allylic oxidation sites excluding steroid dienone is 1. The maximum absolute atomic E-state index is 12.8. The van der Waals surface area contributed by atoms with E-state index in [0.717, 1.165) is 31.8 Å². The topological polar surface area (TPSA) is 146 Å². The predicted octanol–water partition coefficient (Wildman–Crippen LogP) is 1.85. The number of nitriles is 1. The molecule has 3 aromatic rings. The average molecular weight is 524 g/mol. The summed E-state index contributed by atoms with van der Waals surface area (Å²) in [5, 5.41) is 53.5. The molecule has 4 rings (SSSR count). The highest BCUT2D eigenvalue weighted by Crippen LogP contribution is 2.35. The van der Waals surface area contributed by atoms with Crippen LogP contribution < -0.4 is 10.2 Å². The standard InChI is InChI=1S/C27H29N3O6S/c1-14(19(12-28)26(34)29-13-20-23(31)24(32)25(33)27(35)36-20)21-8-9-22(37-21)17-5-4-16-11-18(30(2)3)7-6-15(16)10-17/h4-11,20,23-25,27,31-33,35H,13H2,1-3H3,(H,29,34)/b19-14+/t20-,23-,24+,25-,27?/m1/s1. The minimum absolute atomic E-state index is 0.102. The number of ether oxygens (including phenoxy) is 1. The zero-order chi connectivity index (χ0) is 26.9. The third-order valence-corrected chi connectivity index (χ3v) is 7.72. The fraction of sp³-hybridized carbons (Fsp3) is 0.333. The number of hydrogen-bond acceptors (Lipinski definition) is 9. The Labute approximate surface area is 218 Å². The molecule has 37 heavy (non-hydrogen) atoms. The zero-order valence-electron chi connectivity index (χ0n) is 20.6. The predicted molar refractivity (Wildman–Crippen MR) is 142 cm³/mol. The first-order chi connectivity index (χ1) is 17.6. The number of amides is 1. The van der Waals surface area contributed by atoms with Gasteiger partial charge < -0.3 is 35.4 Å². The van der Waals surface area contributed by atoms with E-state index in [-0.39, 0.29) is 12.1 Å². The number of thiophene rings is 1. The Kier molecular flexibility index (Phi) is 7.94. The minimum Gasteiger partial charge on any atom is -0.388 e. The Hall–Kier alpha value is -3.30. The van der Waals surface area contributed by atoms with Gasteiger partial charge in [-0.05, 0) is 59.2 Å². The molecule has 1 aromatic heterocycles. The van der Waals surface area contributed by atoms with Gasteiger partial charge >= 0.3 is 0 Å². The molecule has 194 valence electrons. The van der Waals surface area contributed by atoms with Gasteiger partial charge in [-0.1, -0.05) is 18.2 Å². The molecule has 1 saturated heterocycles. The Morgan fingerprint density at radius 3 is 2.43 bits per heavy atom. The molecule has 0 radical (unpaired) electrons. The lowest BCUT2D eigenvalue weighted by Gasteiger charge is -2.38. The smallest absolute Gasteiger partial charge is 0.262 e. The summed E-state index contributed by atoms with van der Waals surface area (Å²) in [7, 11) is 4.00. The summed E-state index contributed by atoms with van der Waals surface area (Å²) < 4.78 is 5.07. The average Bonchev–Trinajstić information content (AvgIpc) is 3.39. The molecule has 2 heterocycles. The molecule has 5 atom stereocenters. The third-order valence-electron chi connectivity index (χ3n) is 6.47. The van der Waals surface area contributed by atoms with E-state index in [9.17, 15) is 30.5 Å². The molecular formula is C27H29N3O6S. The Balaban J connectivity index is 1.50. The molecular weight excluding hydrogens is 494 g/mol. The van der Waals surface area contributed by atoms with Gasteiger partial charge in [0.25, 0.3) is 5.91 Å². The molecule has 1 fully saturated rings. The van der Waals surface area contributed by atoms with Crippen LogP contribution in [0.3, 0.4) is 0 Å². The number of rotatable bonds is 6. The highest BCUT2D eigenvalue weighted by atomic mass is 32.1. The summed E-state index contributed by atoms with van der Waals surface area (Å²) >= 11 is 1.46. The Bertz CT molecular complexity index is 1380. The minimum atomic E-state index is -1.71. The molecule has 2 aromatic carbocycles. The number of carbonyl (C=O) groups is 1. The van der Waals surface area contributed by atoms with E-state index in [1.807, 2.05) is 38.4 Å². The molecule has 10 heteroatoms. The summed E-state index contributed by atoms with van der Waals surface area (Å²) in [4.78, 5) is 16.6. The normalized spacial score (nSPS) is 24.3. The molecule has 9 nitrogen and oxygen atoms in total. The van der Waals surface area contributed by atoms with Crippen molar-refractivity contribution in [1.82, 2.24) is 5.32 Å². The van der Waals surface area contributed by atoms with Crippen molar-refractivity contribution in [3.8, 4) is 16.5 Å². The molecule has 1 amide bonds. The van der Waals surface area contributed by atoms with Crippen molar-refractivity contribution < 1.29 is 30.0 Å². The highest BCUT2D eigenvalue weighted by Gasteiger charge is 2.43. The molecule has 0 spiro atoms. The van der Waals surface area contributed by atoms with Gasteiger partial charge in [-0.25, -0.2) is 0 Å². The van der Waals surface area contributed by atoms with Crippen LogP contribution in [0.15, 0.2) is 54.1 Å². The number of nitrogens with zero attached hydrogens (tertiary/aromatic N) is 2. The molecule has 1 aliphatic heterocycles. The number of aliphatic hydroxyl groups excluding tert-OH is 4. The second-order valence-electron chi connectivity index (χ2n) is 9.16. The summed E-state index contributed by atoms with van der Waals surface area (Å²) in [6.45, 7) is 1.41. The van der Waals surface area contributed by atoms with Gasteiger partial charge in [0, 0.05) is 36.1 Å². The zero-order valence-corrected chi connectivity index (χ0v) is 21.4. The van der Waals surface area contributed by atoms with Crippen LogP contribution in [0.2, 0.25) is 0 Å². The summed E-state index contributed by atoms with van der Waals surface area (Å²) in [6, 6.07) is 18.3. The number of benzene rings is 2. The van der Waals surface area contributed by atoms with Gasteiger partial charge in [0.05, 0.1) is 0 Å². The van der Waals surface area contributed by atoms with Gasteiger partial charge in [-0.3, -0.25) is 4.79 Å². The Morgan fingerprint density at radius 2 is 1.73 bits per heavy atom. The van der Waals surface area contributed by atoms with Crippen molar-refractivity contribution in [3.05, 3.63) is 59.0 Å². The van der Waals surface area contributed by atoms with Crippen molar-refractivity contribution in [2.75, 3.05) is 25.5 Å². The maximum atomic E-state index is 12.8. The third kappa shape index (κ3) is 5.52. The van der Waals surface area contributed by atoms with E-state index in [2.05, 4.69) is 40.5 Å². The van der Waals surface area contributed by atoms with E-state index >= 15 is 0 Å². The van der Waals surface area contributed by atoms with Crippen molar-refractivity contribution in [2.45, 2.75) is 37.6 Å². The molecule has 0 bridgehead atoms. The largest absolute Gasteiger partial charge is 0.388 e. The van der Waals surface area contributed by atoms with Crippen LogP contribution in [0.25, 0.3) is 26.8 Å². The van der Waals surface area contributed by atoms with Gasteiger partial charge in [-0.15, -0.1) is 11.3 Å². The SMILES string of the molecule is C/C(=C(/C#N)C(=O)NC[C@H]1OC(O)[C@H](O)[C@@H](O)[C@@H]1O)c1ccc(-c2ccc3cc(N(C)C)ccc3c2)s1. The fourth-order valence-electron chi connectivity index (χ4n) is 4.17. The molecule has 0 saturated carbocycles. The molecule has 1 unspecified atom stereocenters. The van der Waals surface area contributed by atoms with Crippen molar-refractivity contribution in [2.24, 2.45) is 0 Å². The molecule has 0 aliphatic carbocycles. The van der Waals surface area contributed by atoms with Gasteiger partial charge in [0.15, 0.2) is 6.29 Å². The van der Waals surface area contributed by atoms with Crippen LogP contribution in [-0.4, -0.2) is 77.7 Å².